The number of benzene rings is 1. The quantitative estimate of drug-likeness (QED) is 0.752. The molecule has 0 spiro atoms. The van der Waals surface area contributed by atoms with Gasteiger partial charge in [-0.15, -0.1) is 0 Å². The van der Waals surface area contributed by atoms with E-state index in [2.05, 4.69) is 17.4 Å². The first-order chi connectivity index (χ1) is 6.86. The number of hydrogen-bond donors (Lipinski definition) is 2. The zero-order valence-corrected chi connectivity index (χ0v) is 8.32. The highest BCUT2D eigenvalue weighted by molar-refractivity contribution is 5.15. The Labute approximate surface area is 85.0 Å². The molecule has 2 N–H and O–H groups in total. The van der Waals surface area contributed by atoms with E-state index in [1.807, 2.05) is 18.2 Å². The van der Waals surface area contributed by atoms with Crippen molar-refractivity contribution in [1.82, 2.24) is 5.32 Å². The van der Waals surface area contributed by atoms with Crippen LogP contribution in [-0.4, -0.2) is 24.3 Å². The second-order valence-electron chi connectivity index (χ2n) is 4.01. The molecule has 1 aromatic carbocycles. The van der Waals surface area contributed by atoms with Gasteiger partial charge in [-0.1, -0.05) is 30.3 Å². The lowest BCUT2D eigenvalue weighted by Gasteiger charge is -2.16. The standard InChI is InChI=1S/C12H17NO/c14-12(11-6-7-13-9-11)8-10-4-2-1-3-5-10/h1-5,11-14H,6-9H2. The zero-order chi connectivity index (χ0) is 9.80. The second-order valence-corrected chi connectivity index (χ2v) is 4.01. The average Bonchev–Trinajstić information content (AvgIpc) is 2.72. The van der Waals surface area contributed by atoms with E-state index in [1.54, 1.807) is 0 Å². The van der Waals surface area contributed by atoms with Gasteiger partial charge in [-0.3, -0.25) is 0 Å². The number of nitrogens with one attached hydrogen (secondary N) is 1. The van der Waals surface area contributed by atoms with Crippen molar-refractivity contribution in [2.45, 2.75) is 18.9 Å². The molecule has 1 heterocycles. The maximum atomic E-state index is 9.96. The molecule has 0 saturated carbocycles. The molecular formula is C12H17NO. The van der Waals surface area contributed by atoms with Crippen LogP contribution in [0.5, 0.6) is 0 Å². The normalized spacial score (nSPS) is 23.6. The highest BCUT2D eigenvalue weighted by atomic mass is 16.3. The van der Waals surface area contributed by atoms with Gasteiger partial charge in [0.25, 0.3) is 0 Å². The van der Waals surface area contributed by atoms with Crippen molar-refractivity contribution in [3.63, 3.8) is 0 Å². The third kappa shape index (κ3) is 2.34. The first kappa shape index (κ1) is 9.69. The summed E-state index contributed by atoms with van der Waals surface area (Å²) in [5.74, 6) is 0.440. The van der Waals surface area contributed by atoms with Crippen LogP contribution in [0.25, 0.3) is 0 Å². The maximum absolute atomic E-state index is 9.96. The Bertz CT molecular complexity index is 267. The fourth-order valence-electron chi connectivity index (χ4n) is 2.03. The van der Waals surface area contributed by atoms with Crippen LogP contribution in [0, 0.1) is 5.92 Å². The molecule has 1 aliphatic rings. The molecule has 0 bridgehead atoms. The topological polar surface area (TPSA) is 32.3 Å². The van der Waals surface area contributed by atoms with Gasteiger partial charge < -0.3 is 10.4 Å². The molecule has 2 unspecified atom stereocenters. The molecule has 2 heteroatoms. The summed E-state index contributed by atoms with van der Waals surface area (Å²) in [6.45, 7) is 2.02. The molecule has 0 amide bonds. The third-order valence-electron chi connectivity index (χ3n) is 2.93. The number of aliphatic hydroxyl groups excluding tert-OH is 1. The summed E-state index contributed by atoms with van der Waals surface area (Å²) in [6, 6.07) is 10.2. The summed E-state index contributed by atoms with van der Waals surface area (Å²) in [6.07, 6.45) is 1.70. The molecule has 0 aliphatic carbocycles. The van der Waals surface area contributed by atoms with Crippen LogP contribution < -0.4 is 5.32 Å². The summed E-state index contributed by atoms with van der Waals surface area (Å²) in [5.41, 5.74) is 1.23. The Kier molecular flexibility index (Phi) is 3.17. The van der Waals surface area contributed by atoms with Gasteiger partial charge in [0.2, 0.25) is 0 Å². The lowest BCUT2D eigenvalue weighted by atomic mass is 9.95. The Balaban J connectivity index is 1.90. The summed E-state index contributed by atoms with van der Waals surface area (Å²) < 4.78 is 0. The molecular weight excluding hydrogens is 174 g/mol. The van der Waals surface area contributed by atoms with Gasteiger partial charge in [-0.25, -0.2) is 0 Å². The van der Waals surface area contributed by atoms with Crippen LogP contribution in [0.1, 0.15) is 12.0 Å². The van der Waals surface area contributed by atoms with E-state index >= 15 is 0 Å². The van der Waals surface area contributed by atoms with Gasteiger partial charge in [0.05, 0.1) is 6.10 Å². The van der Waals surface area contributed by atoms with Crippen LogP contribution in [0.3, 0.4) is 0 Å². The molecule has 1 aromatic rings. The van der Waals surface area contributed by atoms with E-state index in [0.29, 0.717) is 5.92 Å². The molecule has 1 saturated heterocycles. The third-order valence-corrected chi connectivity index (χ3v) is 2.93. The second kappa shape index (κ2) is 4.58. The van der Waals surface area contributed by atoms with Gasteiger partial charge in [-0.05, 0) is 30.9 Å². The predicted molar refractivity (Wildman–Crippen MR) is 57.1 cm³/mol. The van der Waals surface area contributed by atoms with Gasteiger partial charge in [0.1, 0.15) is 0 Å². The number of aliphatic hydroxyl groups is 1. The Morgan fingerprint density at radius 3 is 2.79 bits per heavy atom. The van der Waals surface area contributed by atoms with Gasteiger partial charge in [0.15, 0.2) is 0 Å². The molecule has 0 radical (unpaired) electrons. The van der Waals surface area contributed by atoms with Crippen molar-refractivity contribution in [3.8, 4) is 0 Å². The Hall–Kier alpha value is -0.860. The molecule has 1 fully saturated rings. The van der Waals surface area contributed by atoms with E-state index in [9.17, 15) is 5.11 Å². The largest absolute Gasteiger partial charge is 0.392 e. The van der Waals surface area contributed by atoms with Crippen molar-refractivity contribution in [1.29, 1.82) is 0 Å². The molecule has 2 rings (SSSR count). The lowest BCUT2D eigenvalue weighted by Crippen LogP contribution is -2.24. The number of hydrogen-bond acceptors (Lipinski definition) is 2. The van der Waals surface area contributed by atoms with Crippen molar-refractivity contribution in [2.75, 3.05) is 13.1 Å². The fourth-order valence-corrected chi connectivity index (χ4v) is 2.03. The van der Waals surface area contributed by atoms with Crippen molar-refractivity contribution >= 4 is 0 Å². The predicted octanol–water partition coefficient (Wildman–Crippen LogP) is 1.20. The van der Waals surface area contributed by atoms with Crippen LogP contribution in [0.2, 0.25) is 0 Å². The van der Waals surface area contributed by atoms with Crippen molar-refractivity contribution < 1.29 is 5.11 Å². The van der Waals surface area contributed by atoms with Crippen LogP contribution >= 0.6 is 0 Å². The summed E-state index contributed by atoms with van der Waals surface area (Å²) in [4.78, 5) is 0. The Morgan fingerprint density at radius 1 is 1.36 bits per heavy atom. The summed E-state index contributed by atoms with van der Waals surface area (Å²) in [7, 11) is 0. The average molecular weight is 191 g/mol. The first-order valence-corrected chi connectivity index (χ1v) is 5.29. The van der Waals surface area contributed by atoms with Gasteiger partial charge in [0, 0.05) is 6.54 Å². The SMILES string of the molecule is OC(Cc1ccccc1)C1CCNC1. The van der Waals surface area contributed by atoms with E-state index in [0.717, 1.165) is 25.9 Å². The highest BCUT2D eigenvalue weighted by Crippen LogP contribution is 2.16. The van der Waals surface area contributed by atoms with Crippen molar-refractivity contribution in [2.24, 2.45) is 5.92 Å². The van der Waals surface area contributed by atoms with E-state index in [-0.39, 0.29) is 6.10 Å². The fraction of sp³-hybridized carbons (Fsp3) is 0.500. The van der Waals surface area contributed by atoms with E-state index in [1.165, 1.54) is 5.56 Å². The molecule has 2 atom stereocenters. The summed E-state index contributed by atoms with van der Waals surface area (Å²) >= 11 is 0. The van der Waals surface area contributed by atoms with Crippen LogP contribution in [0.4, 0.5) is 0 Å². The van der Waals surface area contributed by atoms with Gasteiger partial charge in [-0.2, -0.15) is 0 Å². The minimum atomic E-state index is -0.188. The van der Waals surface area contributed by atoms with Gasteiger partial charge >= 0.3 is 0 Å². The van der Waals surface area contributed by atoms with Crippen LogP contribution in [-0.2, 0) is 6.42 Å². The minimum Gasteiger partial charge on any atom is -0.392 e. The van der Waals surface area contributed by atoms with E-state index in [4.69, 9.17) is 0 Å². The lowest BCUT2D eigenvalue weighted by molar-refractivity contribution is 0.117. The van der Waals surface area contributed by atoms with E-state index < -0.39 is 0 Å². The minimum absolute atomic E-state index is 0.188. The molecule has 1 aliphatic heterocycles. The smallest absolute Gasteiger partial charge is 0.0621 e. The summed E-state index contributed by atoms with van der Waals surface area (Å²) in [5, 5.41) is 13.2. The van der Waals surface area contributed by atoms with Crippen LogP contribution in [0.15, 0.2) is 30.3 Å². The number of rotatable bonds is 3. The maximum Gasteiger partial charge on any atom is 0.0621 e. The highest BCUT2D eigenvalue weighted by Gasteiger charge is 2.22. The molecule has 2 nitrogen and oxygen atoms in total. The monoisotopic (exact) mass is 191 g/mol. The first-order valence-electron chi connectivity index (χ1n) is 5.29. The molecule has 0 aromatic heterocycles. The zero-order valence-electron chi connectivity index (χ0n) is 8.32. The molecule has 76 valence electrons. The van der Waals surface area contributed by atoms with Crippen molar-refractivity contribution in [3.05, 3.63) is 35.9 Å². The Morgan fingerprint density at radius 2 is 2.14 bits per heavy atom. The molecule has 14 heavy (non-hydrogen) atoms.